The first-order valence-electron chi connectivity index (χ1n) is 7.97. The smallest absolute Gasteiger partial charge is 0.282 e. The predicted octanol–water partition coefficient (Wildman–Crippen LogP) is 3.17. The molecule has 0 saturated carbocycles. The molecule has 1 aromatic heterocycles. The number of pyridine rings is 1. The van der Waals surface area contributed by atoms with Gasteiger partial charge in [0.2, 0.25) is 0 Å². The Morgan fingerprint density at radius 3 is 2.19 bits per heavy atom. The van der Waals surface area contributed by atoms with Crippen LogP contribution in [0, 0.1) is 17.0 Å². The van der Waals surface area contributed by atoms with Crippen LogP contribution in [-0.4, -0.2) is 17.9 Å². The van der Waals surface area contributed by atoms with Crippen LogP contribution in [0.25, 0.3) is 0 Å². The highest BCUT2D eigenvalue weighted by Gasteiger charge is 2.08. The molecule has 27 heavy (non-hydrogen) atoms. The van der Waals surface area contributed by atoms with Gasteiger partial charge in [-0.15, -0.1) is 0 Å². The van der Waals surface area contributed by atoms with Crippen molar-refractivity contribution in [1.82, 2.24) is 0 Å². The Labute approximate surface area is 157 Å². The number of rotatable bonds is 4. The van der Waals surface area contributed by atoms with Crippen molar-refractivity contribution in [2.24, 2.45) is 0 Å². The quantitative estimate of drug-likeness (QED) is 0.321. The maximum absolute atomic E-state index is 10.6. The van der Waals surface area contributed by atoms with E-state index in [2.05, 4.69) is 0 Å². The normalized spacial score (nSPS) is 10.6. The van der Waals surface area contributed by atoms with E-state index in [4.69, 9.17) is 4.55 Å². The first kappa shape index (κ1) is 20.2. The fourth-order valence-corrected chi connectivity index (χ4v) is 2.71. The zero-order chi connectivity index (χ0) is 19.9. The van der Waals surface area contributed by atoms with Gasteiger partial charge in [-0.05, 0) is 19.1 Å². The van der Waals surface area contributed by atoms with Crippen LogP contribution in [0.4, 0.5) is 5.69 Å². The van der Waals surface area contributed by atoms with Crippen LogP contribution in [-0.2, 0) is 16.7 Å². The molecule has 0 radical (unpaired) electrons. The molecule has 0 bridgehead atoms. The lowest BCUT2D eigenvalue weighted by Crippen LogP contribution is -2.32. The van der Waals surface area contributed by atoms with E-state index >= 15 is 0 Å². The van der Waals surface area contributed by atoms with Gasteiger partial charge in [0.1, 0.15) is 0 Å². The average Bonchev–Trinajstić information content (AvgIpc) is 2.63. The maximum atomic E-state index is 10.6. The Morgan fingerprint density at radius 2 is 1.63 bits per heavy atom. The number of nitrogens with zero attached hydrogens (tertiary/aromatic N) is 2. The summed E-state index contributed by atoms with van der Waals surface area (Å²) in [5, 5.41) is 10.6. The Kier molecular flexibility index (Phi) is 6.75. The van der Waals surface area contributed by atoms with E-state index in [-0.39, 0.29) is 15.5 Å². The van der Waals surface area contributed by atoms with Gasteiger partial charge in [-0.2, -0.15) is 8.42 Å². The standard InChI is InChI=1S/C12H11N2O2.C7H8O3S/c15-14(16)12-6-4-5-11(9-12)10-13-7-2-1-3-8-13;1-6-2-4-7(5-3-6)11(8,9)10/h1-9H,10H2;2-5H,1H3,(H,8,9,10)/q+1;. The summed E-state index contributed by atoms with van der Waals surface area (Å²) in [5.74, 6) is 0. The van der Waals surface area contributed by atoms with Gasteiger partial charge < -0.3 is 0 Å². The summed E-state index contributed by atoms with van der Waals surface area (Å²) in [6.45, 7) is 2.48. The van der Waals surface area contributed by atoms with E-state index in [1.54, 1.807) is 24.3 Å². The van der Waals surface area contributed by atoms with Crippen molar-refractivity contribution in [2.75, 3.05) is 0 Å². The van der Waals surface area contributed by atoms with Crippen molar-refractivity contribution in [3.63, 3.8) is 0 Å². The summed E-state index contributed by atoms with van der Waals surface area (Å²) in [6, 6.07) is 18.5. The lowest BCUT2D eigenvalue weighted by molar-refractivity contribution is -0.688. The number of aromatic nitrogens is 1. The second kappa shape index (κ2) is 9.02. The third kappa shape index (κ3) is 6.61. The van der Waals surface area contributed by atoms with E-state index in [9.17, 15) is 18.5 Å². The van der Waals surface area contributed by atoms with Gasteiger partial charge in [0.05, 0.1) is 9.82 Å². The molecule has 1 heterocycles. The summed E-state index contributed by atoms with van der Waals surface area (Å²) in [4.78, 5) is 10.2. The van der Waals surface area contributed by atoms with Crippen molar-refractivity contribution in [2.45, 2.75) is 18.4 Å². The highest BCUT2D eigenvalue weighted by molar-refractivity contribution is 7.85. The second-order valence-electron chi connectivity index (χ2n) is 5.76. The molecule has 0 atom stereocenters. The van der Waals surface area contributed by atoms with Crippen LogP contribution in [0.1, 0.15) is 11.1 Å². The molecule has 140 valence electrons. The highest BCUT2D eigenvalue weighted by Crippen LogP contribution is 2.12. The summed E-state index contributed by atoms with van der Waals surface area (Å²) in [7, 11) is -4.02. The molecular weight excluding hydrogens is 368 g/mol. The molecule has 0 spiro atoms. The second-order valence-corrected chi connectivity index (χ2v) is 7.18. The number of aryl methyl sites for hydroxylation is 1. The molecule has 3 rings (SSSR count). The highest BCUT2D eigenvalue weighted by atomic mass is 32.2. The fourth-order valence-electron chi connectivity index (χ4n) is 2.23. The molecule has 0 unspecified atom stereocenters. The Balaban J connectivity index is 0.000000208. The predicted molar refractivity (Wildman–Crippen MR) is 99.8 cm³/mol. The molecular formula is C19H19N2O5S+. The topological polar surface area (TPSA) is 101 Å². The molecule has 7 nitrogen and oxygen atoms in total. The number of hydrogen-bond donors (Lipinski definition) is 1. The van der Waals surface area contributed by atoms with Gasteiger partial charge >= 0.3 is 0 Å². The SMILES string of the molecule is Cc1ccc(S(=O)(=O)O)cc1.O=[N+]([O-])c1cccc(C[n+]2ccccc2)c1. The minimum atomic E-state index is -4.02. The third-order valence-electron chi connectivity index (χ3n) is 3.58. The van der Waals surface area contributed by atoms with Gasteiger partial charge in [-0.1, -0.05) is 35.9 Å². The summed E-state index contributed by atoms with van der Waals surface area (Å²) < 4.78 is 31.5. The zero-order valence-electron chi connectivity index (χ0n) is 14.6. The maximum Gasteiger partial charge on any atom is 0.294 e. The molecule has 1 N–H and O–H groups in total. The van der Waals surface area contributed by atoms with Gasteiger partial charge in [0.15, 0.2) is 18.9 Å². The van der Waals surface area contributed by atoms with Crippen LogP contribution < -0.4 is 4.57 Å². The van der Waals surface area contributed by atoms with E-state index in [1.807, 2.05) is 48.1 Å². The minimum absolute atomic E-state index is 0.0666. The van der Waals surface area contributed by atoms with Crippen molar-refractivity contribution < 1.29 is 22.5 Å². The minimum Gasteiger partial charge on any atom is -0.282 e. The lowest BCUT2D eigenvalue weighted by atomic mass is 10.2. The first-order chi connectivity index (χ1) is 12.8. The molecule has 3 aromatic rings. The number of benzene rings is 2. The molecule has 0 amide bonds. The van der Waals surface area contributed by atoms with Crippen molar-refractivity contribution in [3.8, 4) is 0 Å². The Morgan fingerprint density at radius 1 is 1.00 bits per heavy atom. The molecule has 0 aliphatic rings. The van der Waals surface area contributed by atoms with E-state index in [0.717, 1.165) is 11.1 Å². The third-order valence-corrected chi connectivity index (χ3v) is 4.45. The van der Waals surface area contributed by atoms with Gasteiger partial charge in [-0.25, -0.2) is 4.57 Å². The number of non-ortho nitro benzene ring substituents is 1. The number of nitro groups is 1. The van der Waals surface area contributed by atoms with Crippen LogP contribution in [0.3, 0.4) is 0 Å². The van der Waals surface area contributed by atoms with Crippen molar-refractivity contribution >= 4 is 15.8 Å². The van der Waals surface area contributed by atoms with E-state index in [1.165, 1.54) is 18.2 Å². The van der Waals surface area contributed by atoms with Crippen molar-refractivity contribution in [1.29, 1.82) is 0 Å². The molecule has 8 heteroatoms. The van der Waals surface area contributed by atoms with E-state index in [0.29, 0.717) is 6.54 Å². The number of nitro benzene ring substituents is 1. The monoisotopic (exact) mass is 387 g/mol. The fraction of sp³-hybridized carbons (Fsp3) is 0.105. The Bertz CT molecular complexity index is 1000. The van der Waals surface area contributed by atoms with Gasteiger partial charge in [0.25, 0.3) is 15.8 Å². The largest absolute Gasteiger partial charge is 0.294 e. The van der Waals surface area contributed by atoms with Crippen LogP contribution >= 0.6 is 0 Å². The molecule has 2 aromatic carbocycles. The van der Waals surface area contributed by atoms with Gasteiger partial charge in [0, 0.05) is 29.8 Å². The molecule has 0 aliphatic carbocycles. The molecule has 0 aliphatic heterocycles. The molecule has 0 saturated heterocycles. The number of hydrogen-bond acceptors (Lipinski definition) is 4. The Hall–Kier alpha value is -3.10. The van der Waals surface area contributed by atoms with Crippen LogP contribution in [0.15, 0.2) is 84.0 Å². The lowest BCUT2D eigenvalue weighted by Gasteiger charge is -1.97. The molecule has 0 fully saturated rings. The summed E-state index contributed by atoms with van der Waals surface area (Å²) in [6.07, 6.45) is 3.86. The van der Waals surface area contributed by atoms with Crippen LogP contribution in [0.2, 0.25) is 0 Å². The summed E-state index contributed by atoms with van der Waals surface area (Å²) >= 11 is 0. The van der Waals surface area contributed by atoms with Crippen LogP contribution in [0.5, 0.6) is 0 Å². The van der Waals surface area contributed by atoms with Gasteiger partial charge in [-0.3, -0.25) is 14.7 Å². The van der Waals surface area contributed by atoms with E-state index < -0.39 is 10.1 Å². The van der Waals surface area contributed by atoms with Crippen molar-refractivity contribution in [3.05, 3.63) is 100 Å². The summed E-state index contributed by atoms with van der Waals surface area (Å²) in [5.41, 5.74) is 2.01. The average molecular weight is 387 g/mol. The zero-order valence-corrected chi connectivity index (χ0v) is 15.4. The first-order valence-corrected chi connectivity index (χ1v) is 9.41.